The summed E-state index contributed by atoms with van der Waals surface area (Å²) in [4.78, 5) is 27.7. The molecule has 0 aliphatic rings. The maximum Gasteiger partial charge on any atom is 0.150 e. The second kappa shape index (κ2) is 12.7. The van der Waals surface area contributed by atoms with Crippen LogP contribution in [0.4, 0.5) is 0 Å². The fourth-order valence-corrected chi connectivity index (χ4v) is 0.806. The Morgan fingerprint density at radius 2 is 1.27 bits per heavy atom. The SMILES string of the molecule is CC=O.CC=O.O=Cc1ccc(Br)cc1. The first kappa shape index (κ1) is 16.2. The van der Waals surface area contributed by atoms with E-state index in [-0.39, 0.29) is 0 Å². The van der Waals surface area contributed by atoms with Crippen LogP contribution in [-0.2, 0) is 9.59 Å². The zero-order valence-electron chi connectivity index (χ0n) is 8.64. The lowest BCUT2D eigenvalue weighted by Crippen LogP contribution is -1.75. The van der Waals surface area contributed by atoms with Gasteiger partial charge in [-0.05, 0) is 26.0 Å². The third kappa shape index (κ3) is 12.7. The molecule has 0 spiro atoms. The van der Waals surface area contributed by atoms with Crippen LogP contribution in [0.3, 0.4) is 0 Å². The second-order valence-electron chi connectivity index (χ2n) is 2.14. The van der Waals surface area contributed by atoms with Gasteiger partial charge in [0, 0.05) is 10.0 Å². The highest BCUT2D eigenvalue weighted by Crippen LogP contribution is 2.08. The predicted molar refractivity (Wildman–Crippen MR) is 63.0 cm³/mol. The van der Waals surface area contributed by atoms with Crippen LogP contribution in [0.15, 0.2) is 28.7 Å². The Kier molecular flexibility index (Phi) is 13.7. The van der Waals surface area contributed by atoms with E-state index in [0.29, 0.717) is 5.56 Å². The van der Waals surface area contributed by atoms with Gasteiger partial charge >= 0.3 is 0 Å². The number of aldehydes is 3. The summed E-state index contributed by atoms with van der Waals surface area (Å²) in [6.07, 6.45) is 2.33. The van der Waals surface area contributed by atoms with Gasteiger partial charge in [0.2, 0.25) is 0 Å². The average Bonchev–Trinajstić information content (AvgIpc) is 2.21. The van der Waals surface area contributed by atoms with Crippen molar-refractivity contribution in [1.29, 1.82) is 0 Å². The van der Waals surface area contributed by atoms with E-state index in [0.717, 1.165) is 23.3 Å². The number of carbonyl (C=O) groups is 3. The zero-order valence-corrected chi connectivity index (χ0v) is 10.2. The van der Waals surface area contributed by atoms with Crippen LogP contribution in [0.5, 0.6) is 0 Å². The van der Waals surface area contributed by atoms with Crippen molar-refractivity contribution in [3.05, 3.63) is 34.3 Å². The van der Waals surface area contributed by atoms with Gasteiger partial charge in [-0.3, -0.25) is 4.79 Å². The molecule has 3 nitrogen and oxygen atoms in total. The number of hydrogen-bond donors (Lipinski definition) is 0. The fraction of sp³-hybridized carbons (Fsp3) is 0.182. The average molecular weight is 273 g/mol. The molecule has 1 rings (SSSR count). The Labute approximate surface area is 97.6 Å². The van der Waals surface area contributed by atoms with Crippen LogP contribution < -0.4 is 0 Å². The Balaban J connectivity index is 0. The Morgan fingerprint density at radius 1 is 0.933 bits per heavy atom. The Bertz CT molecular complexity index is 274. The minimum absolute atomic E-state index is 0.707. The van der Waals surface area contributed by atoms with Crippen molar-refractivity contribution in [2.45, 2.75) is 13.8 Å². The van der Waals surface area contributed by atoms with Crippen molar-refractivity contribution >= 4 is 34.8 Å². The summed E-state index contributed by atoms with van der Waals surface area (Å²) >= 11 is 3.26. The topological polar surface area (TPSA) is 51.2 Å². The molecule has 0 N–H and O–H groups in total. The molecule has 82 valence electrons. The van der Waals surface area contributed by atoms with Crippen LogP contribution in [0, 0.1) is 0 Å². The number of hydrogen-bond acceptors (Lipinski definition) is 3. The molecule has 1 aromatic carbocycles. The van der Waals surface area contributed by atoms with Gasteiger partial charge in [0.25, 0.3) is 0 Å². The molecule has 0 aliphatic carbocycles. The van der Waals surface area contributed by atoms with Gasteiger partial charge in [0.05, 0.1) is 0 Å². The highest BCUT2D eigenvalue weighted by Gasteiger charge is 1.86. The fourth-order valence-electron chi connectivity index (χ4n) is 0.541. The lowest BCUT2D eigenvalue weighted by Gasteiger charge is -1.87. The molecule has 0 unspecified atom stereocenters. The van der Waals surface area contributed by atoms with Gasteiger partial charge in [-0.15, -0.1) is 0 Å². The molecule has 0 radical (unpaired) electrons. The molecule has 0 fully saturated rings. The molecule has 0 heterocycles. The maximum atomic E-state index is 10.1. The monoisotopic (exact) mass is 272 g/mol. The highest BCUT2D eigenvalue weighted by atomic mass is 79.9. The van der Waals surface area contributed by atoms with Crippen molar-refractivity contribution in [2.75, 3.05) is 0 Å². The zero-order chi connectivity index (χ0) is 12.1. The van der Waals surface area contributed by atoms with E-state index >= 15 is 0 Å². The molecule has 15 heavy (non-hydrogen) atoms. The maximum absolute atomic E-state index is 10.1. The predicted octanol–water partition coefficient (Wildman–Crippen LogP) is 2.67. The summed E-state index contributed by atoms with van der Waals surface area (Å²) in [5.74, 6) is 0. The minimum atomic E-state index is 0.707. The van der Waals surface area contributed by atoms with Crippen LogP contribution >= 0.6 is 15.9 Å². The van der Waals surface area contributed by atoms with Gasteiger partial charge in [-0.1, -0.05) is 28.1 Å². The van der Waals surface area contributed by atoms with Crippen molar-refractivity contribution < 1.29 is 14.4 Å². The third-order valence-corrected chi connectivity index (χ3v) is 1.53. The molecule has 0 aromatic heterocycles. The number of benzene rings is 1. The van der Waals surface area contributed by atoms with E-state index in [4.69, 9.17) is 9.59 Å². The van der Waals surface area contributed by atoms with E-state index in [1.165, 1.54) is 13.8 Å². The molecule has 0 amide bonds. The molecular formula is C11H13BrO3. The van der Waals surface area contributed by atoms with Gasteiger partial charge < -0.3 is 9.59 Å². The summed E-state index contributed by atoms with van der Waals surface area (Å²) in [7, 11) is 0. The smallest absolute Gasteiger partial charge is 0.150 e. The van der Waals surface area contributed by atoms with Gasteiger partial charge in [0.15, 0.2) is 0 Å². The molecular weight excluding hydrogens is 260 g/mol. The van der Waals surface area contributed by atoms with Crippen LogP contribution in [0.2, 0.25) is 0 Å². The highest BCUT2D eigenvalue weighted by molar-refractivity contribution is 9.10. The van der Waals surface area contributed by atoms with Crippen molar-refractivity contribution in [2.24, 2.45) is 0 Å². The number of carbonyl (C=O) groups excluding carboxylic acids is 3. The van der Waals surface area contributed by atoms with Crippen LogP contribution in [0.1, 0.15) is 24.2 Å². The van der Waals surface area contributed by atoms with E-state index in [2.05, 4.69) is 15.9 Å². The van der Waals surface area contributed by atoms with Crippen LogP contribution in [0.25, 0.3) is 0 Å². The summed E-state index contributed by atoms with van der Waals surface area (Å²) < 4.78 is 0.994. The summed E-state index contributed by atoms with van der Waals surface area (Å²) in [6, 6.07) is 7.20. The molecule has 4 heteroatoms. The standard InChI is InChI=1S/C7H5BrO.2C2H4O/c8-7-3-1-6(5-9)2-4-7;2*1-2-3/h1-5H;2*2H,1H3. The normalized spacial score (nSPS) is 7.13. The third-order valence-electron chi connectivity index (χ3n) is 1.01. The second-order valence-corrected chi connectivity index (χ2v) is 3.06. The Morgan fingerprint density at radius 3 is 1.53 bits per heavy atom. The Hall–Kier alpha value is -1.29. The van der Waals surface area contributed by atoms with E-state index in [9.17, 15) is 4.79 Å². The first-order valence-corrected chi connectivity index (χ1v) is 4.95. The summed E-state index contributed by atoms with van der Waals surface area (Å²) in [5.41, 5.74) is 0.707. The lowest BCUT2D eigenvalue weighted by molar-refractivity contribution is -0.106. The number of rotatable bonds is 1. The molecule has 0 atom stereocenters. The van der Waals surface area contributed by atoms with E-state index < -0.39 is 0 Å². The van der Waals surface area contributed by atoms with Crippen LogP contribution in [-0.4, -0.2) is 18.9 Å². The van der Waals surface area contributed by atoms with Crippen molar-refractivity contribution in [1.82, 2.24) is 0 Å². The minimum Gasteiger partial charge on any atom is -0.304 e. The molecule has 0 saturated heterocycles. The first-order valence-electron chi connectivity index (χ1n) is 4.16. The van der Waals surface area contributed by atoms with Gasteiger partial charge in [-0.2, -0.15) is 0 Å². The summed E-state index contributed by atoms with van der Waals surface area (Å²) in [6.45, 7) is 2.89. The van der Waals surface area contributed by atoms with E-state index in [1.54, 1.807) is 12.1 Å². The molecule has 1 aromatic rings. The van der Waals surface area contributed by atoms with E-state index in [1.807, 2.05) is 12.1 Å². The first-order chi connectivity index (χ1) is 7.15. The van der Waals surface area contributed by atoms with Crippen molar-refractivity contribution in [3.8, 4) is 0 Å². The van der Waals surface area contributed by atoms with Gasteiger partial charge in [-0.25, -0.2) is 0 Å². The quantitative estimate of drug-likeness (QED) is 0.739. The molecule has 0 bridgehead atoms. The number of halogens is 1. The molecule has 0 saturated carbocycles. The lowest BCUT2D eigenvalue weighted by atomic mass is 10.2. The van der Waals surface area contributed by atoms with Gasteiger partial charge in [0.1, 0.15) is 18.9 Å². The van der Waals surface area contributed by atoms with Crippen molar-refractivity contribution in [3.63, 3.8) is 0 Å². The molecule has 0 aliphatic heterocycles. The largest absolute Gasteiger partial charge is 0.304 e. The summed E-state index contributed by atoms with van der Waals surface area (Å²) in [5, 5.41) is 0.